The number of aromatic nitrogens is 2. The number of benzene rings is 1. The highest BCUT2D eigenvalue weighted by Crippen LogP contribution is 2.23. The van der Waals surface area contributed by atoms with Crippen LogP contribution in [0, 0.1) is 5.92 Å². The average molecular weight is 393 g/mol. The van der Waals surface area contributed by atoms with E-state index in [1.54, 1.807) is 4.68 Å². The third-order valence-electron chi connectivity index (χ3n) is 4.59. The number of ether oxygens (including phenoxy) is 1. The molecule has 148 valence electrons. The lowest BCUT2D eigenvalue weighted by molar-refractivity contribution is 0.0686. The van der Waals surface area contributed by atoms with Crippen LogP contribution in [0.3, 0.4) is 0 Å². The maximum Gasteiger partial charge on any atom is 0.278 e. The van der Waals surface area contributed by atoms with Gasteiger partial charge in [-0.3, -0.25) is 4.79 Å². The molecule has 1 aliphatic rings. The molecule has 7 heteroatoms. The molecule has 0 radical (unpaired) electrons. The summed E-state index contributed by atoms with van der Waals surface area (Å²) < 4.78 is 7.64. The van der Waals surface area contributed by atoms with Crippen LogP contribution in [0.2, 0.25) is 0 Å². The van der Waals surface area contributed by atoms with Crippen molar-refractivity contribution in [1.29, 1.82) is 0 Å². The van der Waals surface area contributed by atoms with E-state index in [1.807, 2.05) is 48.5 Å². The molecule has 1 saturated heterocycles. The van der Waals surface area contributed by atoms with Gasteiger partial charge in [-0.25, -0.2) is 4.68 Å². The van der Waals surface area contributed by atoms with Gasteiger partial charge in [0, 0.05) is 19.1 Å². The first-order valence-electron chi connectivity index (χ1n) is 9.33. The first kappa shape index (κ1) is 21.3. The summed E-state index contributed by atoms with van der Waals surface area (Å²) in [6.45, 7) is 6.20. The van der Waals surface area contributed by atoms with Crippen LogP contribution in [-0.2, 0) is 0 Å². The molecular formula is C20H29ClN4O2. The Hall–Kier alpha value is -2.05. The molecular weight excluding hydrogens is 364 g/mol. The van der Waals surface area contributed by atoms with Crippen LogP contribution >= 0.6 is 12.4 Å². The molecule has 27 heavy (non-hydrogen) atoms. The second-order valence-corrected chi connectivity index (χ2v) is 7.21. The molecule has 2 aromatic rings. The minimum Gasteiger partial charge on any atom is -0.489 e. The zero-order valence-electron chi connectivity index (χ0n) is 16.2. The minimum atomic E-state index is -0.0570. The number of piperidine rings is 1. The highest BCUT2D eigenvalue weighted by molar-refractivity contribution is 5.95. The topological polar surface area (TPSA) is 59.4 Å². The Balaban J connectivity index is 0.00000261. The van der Waals surface area contributed by atoms with Gasteiger partial charge in [-0.15, -0.1) is 12.4 Å². The molecule has 0 bridgehead atoms. The number of likely N-dealkylation sites (tertiary alicyclic amines) is 1. The zero-order valence-corrected chi connectivity index (χ0v) is 17.0. The van der Waals surface area contributed by atoms with Crippen LogP contribution in [0.4, 0.5) is 0 Å². The molecule has 1 atom stereocenters. The number of carbonyl (C=O) groups excluding carboxylic acids is 1. The summed E-state index contributed by atoms with van der Waals surface area (Å²) in [6, 6.07) is 10.1. The van der Waals surface area contributed by atoms with Crippen molar-refractivity contribution < 1.29 is 9.53 Å². The maximum atomic E-state index is 13.1. The number of amides is 1. The van der Waals surface area contributed by atoms with Gasteiger partial charge in [0.15, 0.2) is 11.4 Å². The van der Waals surface area contributed by atoms with Crippen molar-refractivity contribution in [3.63, 3.8) is 0 Å². The lowest BCUT2D eigenvalue weighted by Crippen LogP contribution is -2.47. The van der Waals surface area contributed by atoms with E-state index in [4.69, 9.17) is 4.74 Å². The summed E-state index contributed by atoms with van der Waals surface area (Å²) >= 11 is 0. The van der Waals surface area contributed by atoms with Crippen molar-refractivity contribution in [3.05, 3.63) is 42.2 Å². The van der Waals surface area contributed by atoms with Crippen LogP contribution in [0.5, 0.6) is 5.75 Å². The Bertz CT molecular complexity index is 733. The molecule has 0 saturated carbocycles. The van der Waals surface area contributed by atoms with E-state index in [1.165, 1.54) is 0 Å². The van der Waals surface area contributed by atoms with Crippen molar-refractivity contribution in [2.75, 3.05) is 26.7 Å². The van der Waals surface area contributed by atoms with Crippen LogP contribution in [0.15, 0.2) is 36.5 Å². The van der Waals surface area contributed by atoms with Crippen molar-refractivity contribution in [2.24, 2.45) is 5.92 Å². The number of para-hydroxylation sites is 1. The second kappa shape index (κ2) is 9.76. The van der Waals surface area contributed by atoms with Crippen molar-refractivity contribution in [2.45, 2.75) is 32.7 Å². The quantitative estimate of drug-likeness (QED) is 0.820. The van der Waals surface area contributed by atoms with Crippen molar-refractivity contribution in [1.82, 2.24) is 20.0 Å². The van der Waals surface area contributed by atoms with E-state index in [0.717, 1.165) is 25.1 Å². The number of carbonyl (C=O) groups is 1. The number of rotatable bonds is 6. The van der Waals surface area contributed by atoms with Gasteiger partial charge in [-0.2, -0.15) is 5.10 Å². The third-order valence-corrected chi connectivity index (χ3v) is 4.59. The third kappa shape index (κ3) is 5.23. The zero-order chi connectivity index (χ0) is 18.5. The van der Waals surface area contributed by atoms with Gasteiger partial charge in [0.1, 0.15) is 0 Å². The van der Waals surface area contributed by atoms with Gasteiger partial charge >= 0.3 is 0 Å². The van der Waals surface area contributed by atoms with E-state index >= 15 is 0 Å². The van der Waals surface area contributed by atoms with Gasteiger partial charge in [0.2, 0.25) is 0 Å². The van der Waals surface area contributed by atoms with E-state index in [9.17, 15) is 4.79 Å². The summed E-state index contributed by atoms with van der Waals surface area (Å²) in [7, 11) is 1.94. The van der Waals surface area contributed by atoms with E-state index in [0.29, 0.717) is 36.6 Å². The van der Waals surface area contributed by atoms with Gasteiger partial charge < -0.3 is 15.0 Å². The largest absolute Gasteiger partial charge is 0.489 e. The number of hydrogen-bond acceptors (Lipinski definition) is 4. The Morgan fingerprint density at radius 1 is 1.33 bits per heavy atom. The molecule has 1 N–H and O–H groups in total. The number of nitrogens with zero attached hydrogens (tertiary/aromatic N) is 3. The molecule has 1 aromatic carbocycles. The average Bonchev–Trinajstić information content (AvgIpc) is 3.10. The van der Waals surface area contributed by atoms with Gasteiger partial charge in [0.05, 0.1) is 18.5 Å². The molecule has 1 aromatic heterocycles. The number of hydrogen-bond donors (Lipinski definition) is 1. The lowest BCUT2D eigenvalue weighted by atomic mass is 10.1. The SMILES string of the molecule is CNC1CCCN(C(=O)c2nn(-c3ccccc3)cc2OCC(C)C)C1.Cl. The highest BCUT2D eigenvalue weighted by Gasteiger charge is 2.28. The first-order chi connectivity index (χ1) is 12.6. The number of likely N-dealkylation sites (N-methyl/N-ethyl adjacent to an activating group) is 1. The number of nitrogens with one attached hydrogen (secondary N) is 1. The van der Waals surface area contributed by atoms with Crippen LogP contribution < -0.4 is 10.1 Å². The Morgan fingerprint density at radius 2 is 2.07 bits per heavy atom. The number of halogens is 1. The normalized spacial score (nSPS) is 16.9. The summed E-state index contributed by atoms with van der Waals surface area (Å²) in [5.41, 5.74) is 1.30. The molecule has 2 heterocycles. The molecule has 1 amide bonds. The fraction of sp³-hybridized carbons (Fsp3) is 0.500. The molecule has 1 unspecified atom stereocenters. The van der Waals surface area contributed by atoms with E-state index in [-0.39, 0.29) is 18.3 Å². The van der Waals surface area contributed by atoms with E-state index < -0.39 is 0 Å². The molecule has 0 spiro atoms. The second-order valence-electron chi connectivity index (χ2n) is 7.21. The minimum absolute atomic E-state index is 0. The predicted molar refractivity (Wildman–Crippen MR) is 109 cm³/mol. The van der Waals surface area contributed by atoms with Crippen LogP contribution in [0.1, 0.15) is 37.2 Å². The Labute approximate surface area is 167 Å². The van der Waals surface area contributed by atoms with E-state index in [2.05, 4.69) is 24.3 Å². The fourth-order valence-corrected chi connectivity index (χ4v) is 3.13. The summed E-state index contributed by atoms with van der Waals surface area (Å²) in [6.07, 6.45) is 3.90. The fourth-order valence-electron chi connectivity index (χ4n) is 3.13. The first-order valence-corrected chi connectivity index (χ1v) is 9.33. The summed E-state index contributed by atoms with van der Waals surface area (Å²) in [5, 5.41) is 7.84. The van der Waals surface area contributed by atoms with Crippen molar-refractivity contribution >= 4 is 18.3 Å². The van der Waals surface area contributed by atoms with Gasteiger partial charge in [0.25, 0.3) is 5.91 Å². The van der Waals surface area contributed by atoms with Crippen LogP contribution in [0.25, 0.3) is 5.69 Å². The highest BCUT2D eigenvalue weighted by atomic mass is 35.5. The summed E-state index contributed by atoms with van der Waals surface area (Å²) in [4.78, 5) is 15.0. The standard InChI is InChI=1S/C20H28N4O2.ClH/c1-15(2)14-26-18-13-24(17-9-5-4-6-10-17)22-19(18)20(25)23-11-7-8-16(12-23)21-3;/h4-6,9-10,13,15-16,21H,7-8,11-12,14H2,1-3H3;1H. The Kier molecular flexibility index (Phi) is 7.68. The molecule has 6 nitrogen and oxygen atoms in total. The Morgan fingerprint density at radius 3 is 2.74 bits per heavy atom. The maximum absolute atomic E-state index is 13.1. The molecule has 3 rings (SSSR count). The molecule has 0 aliphatic carbocycles. The predicted octanol–water partition coefficient (Wildman–Crippen LogP) is 3.15. The summed E-state index contributed by atoms with van der Waals surface area (Å²) in [5.74, 6) is 0.874. The van der Waals surface area contributed by atoms with Crippen LogP contribution in [-0.4, -0.2) is 53.4 Å². The van der Waals surface area contributed by atoms with Crippen molar-refractivity contribution in [3.8, 4) is 11.4 Å². The van der Waals surface area contributed by atoms with Gasteiger partial charge in [-0.05, 0) is 37.9 Å². The molecule has 1 fully saturated rings. The monoisotopic (exact) mass is 392 g/mol. The molecule has 1 aliphatic heterocycles. The lowest BCUT2D eigenvalue weighted by Gasteiger charge is -2.32. The smallest absolute Gasteiger partial charge is 0.278 e. The van der Waals surface area contributed by atoms with Gasteiger partial charge in [-0.1, -0.05) is 32.0 Å².